The van der Waals surface area contributed by atoms with Crippen LogP contribution in [0.1, 0.15) is 16.1 Å². The molecule has 6 heteroatoms. The molecule has 68 valence electrons. The molecule has 2 rings (SSSR count). The van der Waals surface area contributed by atoms with Crippen molar-refractivity contribution in [2.45, 2.75) is 6.92 Å². The maximum atomic E-state index is 10.7. The molecule has 0 amide bonds. The highest BCUT2D eigenvalue weighted by Crippen LogP contribution is 2.25. The fourth-order valence-corrected chi connectivity index (χ4v) is 1.50. The molecule has 2 aromatic heterocycles. The van der Waals surface area contributed by atoms with Crippen molar-refractivity contribution in [3.63, 3.8) is 0 Å². The van der Waals surface area contributed by atoms with E-state index in [0.29, 0.717) is 11.0 Å². The van der Waals surface area contributed by atoms with Gasteiger partial charge in [-0.15, -0.1) is 0 Å². The maximum absolute atomic E-state index is 10.7. The minimum Gasteiger partial charge on any atom is -0.478 e. The number of carbonyl (C=O) groups is 1. The van der Waals surface area contributed by atoms with Crippen LogP contribution in [-0.2, 0) is 0 Å². The van der Waals surface area contributed by atoms with Crippen LogP contribution in [0.15, 0.2) is 0 Å². The maximum Gasteiger partial charge on any atom is 0.341 e. The van der Waals surface area contributed by atoms with Crippen LogP contribution >= 0.6 is 11.6 Å². The molecule has 0 fully saturated rings. The van der Waals surface area contributed by atoms with E-state index < -0.39 is 5.97 Å². The molecule has 0 radical (unpaired) electrons. The van der Waals surface area contributed by atoms with E-state index in [-0.39, 0.29) is 10.7 Å². The van der Waals surface area contributed by atoms with Crippen molar-refractivity contribution in [3.05, 3.63) is 16.4 Å². The summed E-state index contributed by atoms with van der Waals surface area (Å²) in [5, 5.41) is 15.4. The molecule has 0 aliphatic heterocycles. The molecule has 0 saturated heterocycles. The number of aromatic nitrogens is 3. The number of aromatic carboxylic acids is 1. The van der Waals surface area contributed by atoms with E-state index in [1.54, 1.807) is 6.92 Å². The van der Waals surface area contributed by atoms with Crippen molar-refractivity contribution in [1.82, 2.24) is 15.2 Å². The van der Waals surface area contributed by atoms with Crippen molar-refractivity contribution < 1.29 is 9.90 Å². The van der Waals surface area contributed by atoms with Gasteiger partial charge < -0.3 is 10.1 Å². The van der Waals surface area contributed by atoms with Gasteiger partial charge in [-0.2, -0.15) is 5.10 Å². The predicted octanol–water partition coefficient (Wildman–Crippen LogP) is 1.55. The van der Waals surface area contributed by atoms with Crippen molar-refractivity contribution in [2.24, 2.45) is 0 Å². The highest BCUT2D eigenvalue weighted by Gasteiger charge is 2.19. The Kier molecular flexibility index (Phi) is 1.56. The summed E-state index contributed by atoms with van der Waals surface area (Å²) in [5.74, 6) is -1.08. The van der Waals surface area contributed by atoms with E-state index in [4.69, 9.17) is 16.7 Å². The number of hydrogen-bond donors (Lipinski definition) is 3. The second-order valence-corrected chi connectivity index (χ2v) is 3.07. The van der Waals surface area contributed by atoms with Crippen molar-refractivity contribution in [2.75, 3.05) is 0 Å². The van der Waals surface area contributed by atoms with E-state index in [1.807, 2.05) is 0 Å². The zero-order valence-electron chi connectivity index (χ0n) is 6.68. The van der Waals surface area contributed by atoms with E-state index >= 15 is 0 Å². The number of carboxylic acid groups (broad SMARTS) is 1. The van der Waals surface area contributed by atoms with Crippen LogP contribution in [-0.4, -0.2) is 26.3 Å². The third kappa shape index (κ3) is 1.01. The van der Waals surface area contributed by atoms with E-state index in [9.17, 15) is 4.79 Å². The first kappa shape index (κ1) is 8.12. The van der Waals surface area contributed by atoms with Gasteiger partial charge in [-0.05, 0) is 6.92 Å². The minimum absolute atomic E-state index is 0.0148. The van der Waals surface area contributed by atoms with Crippen molar-refractivity contribution in [3.8, 4) is 0 Å². The van der Waals surface area contributed by atoms with Gasteiger partial charge in [0.1, 0.15) is 16.2 Å². The topological polar surface area (TPSA) is 81.8 Å². The number of carboxylic acids is 1. The van der Waals surface area contributed by atoms with Gasteiger partial charge in [-0.25, -0.2) is 4.79 Å². The average molecular weight is 200 g/mol. The highest BCUT2D eigenvalue weighted by atomic mass is 35.5. The summed E-state index contributed by atoms with van der Waals surface area (Å²) in [7, 11) is 0. The standard InChI is InChI=1S/C7H6ClN3O2/c1-2-4-5(11-10-2)3(7(12)13)6(8)9-4/h9H,1H3,(H,10,11)(H,12,13). The Morgan fingerprint density at radius 1 is 1.62 bits per heavy atom. The summed E-state index contributed by atoms with van der Waals surface area (Å²) in [6.07, 6.45) is 0. The summed E-state index contributed by atoms with van der Waals surface area (Å²) in [6, 6.07) is 0. The molecule has 5 nitrogen and oxygen atoms in total. The minimum atomic E-state index is -1.08. The van der Waals surface area contributed by atoms with Crippen LogP contribution in [0.2, 0.25) is 5.15 Å². The van der Waals surface area contributed by atoms with Gasteiger partial charge >= 0.3 is 5.97 Å². The highest BCUT2D eigenvalue weighted by molar-refractivity contribution is 6.34. The van der Waals surface area contributed by atoms with Gasteiger partial charge in [-0.1, -0.05) is 11.6 Å². The molecular weight excluding hydrogens is 194 g/mol. The molecule has 0 aliphatic rings. The second-order valence-electron chi connectivity index (χ2n) is 2.69. The van der Waals surface area contributed by atoms with Crippen LogP contribution in [0.25, 0.3) is 11.0 Å². The molecule has 0 spiro atoms. The van der Waals surface area contributed by atoms with Crippen LogP contribution in [0.4, 0.5) is 0 Å². The molecule has 0 bridgehead atoms. The van der Waals surface area contributed by atoms with E-state index in [0.717, 1.165) is 5.69 Å². The normalized spacial score (nSPS) is 10.9. The first-order valence-electron chi connectivity index (χ1n) is 3.56. The Morgan fingerprint density at radius 3 is 2.92 bits per heavy atom. The number of hydrogen-bond acceptors (Lipinski definition) is 2. The molecule has 2 aromatic rings. The number of aromatic amines is 2. The Morgan fingerprint density at radius 2 is 2.31 bits per heavy atom. The summed E-state index contributed by atoms with van der Waals surface area (Å²) < 4.78 is 0. The molecule has 0 atom stereocenters. The number of nitrogens with one attached hydrogen (secondary N) is 2. The molecule has 13 heavy (non-hydrogen) atoms. The Labute approximate surface area is 77.7 Å². The zero-order chi connectivity index (χ0) is 9.59. The Bertz CT molecular complexity index is 485. The first-order valence-corrected chi connectivity index (χ1v) is 3.94. The number of aryl methyl sites for hydroxylation is 1. The number of H-pyrrole nitrogens is 2. The fraction of sp³-hybridized carbons (Fsp3) is 0.143. The van der Waals surface area contributed by atoms with Crippen LogP contribution in [0, 0.1) is 6.92 Å². The van der Waals surface area contributed by atoms with Gasteiger partial charge in [0.15, 0.2) is 0 Å². The van der Waals surface area contributed by atoms with Crippen LogP contribution < -0.4 is 0 Å². The zero-order valence-corrected chi connectivity index (χ0v) is 7.44. The first-order chi connectivity index (χ1) is 6.11. The lowest BCUT2D eigenvalue weighted by molar-refractivity contribution is 0.0699. The van der Waals surface area contributed by atoms with Crippen molar-refractivity contribution in [1.29, 1.82) is 0 Å². The van der Waals surface area contributed by atoms with Crippen LogP contribution in [0.5, 0.6) is 0 Å². The van der Waals surface area contributed by atoms with Gasteiger partial charge in [0.05, 0.1) is 11.2 Å². The van der Waals surface area contributed by atoms with E-state index in [2.05, 4.69) is 15.2 Å². The molecule has 0 aliphatic carbocycles. The molecular formula is C7H6ClN3O2. The third-order valence-corrected chi connectivity index (χ3v) is 2.14. The molecule has 3 N–H and O–H groups in total. The molecule has 0 unspecified atom stereocenters. The molecule has 2 heterocycles. The summed E-state index contributed by atoms with van der Waals surface area (Å²) in [4.78, 5) is 13.5. The van der Waals surface area contributed by atoms with Gasteiger partial charge in [0.2, 0.25) is 0 Å². The van der Waals surface area contributed by atoms with Gasteiger partial charge in [0.25, 0.3) is 0 Å². The third-order valence-electron chi connectivity index (χ3n) is 1.85. The summed E-state index contributed by atoms with van der Waals surface area (Å²) >= 11 is 5.69. The fourth-order valence-electron chi connectivity index (χ4n) is 1.23. The smallest absolute Gasteiger partial charge is 0.341 e. The van der Waals surface area contributed by atoms with E-state index in [1.165, 1.54) is 0 Å². The van der Waals surface area contributed by atoms with Gasteiger partial charge in [0, 0.05) is 0 Å². The largest absolute Gasteiger partial charge is 0.478 e. The lowest BCUT2D eigenvalue weighted by Crippen LogP contribution is -1.95. The van der Waals surface area contributed by atoms with Crippen LogP contribution in [0.3, 0.4) is 0 Å². The molecule has 0 aromatic carbocycles. The number of rotatable bonds is 1. The molecule has 0 saturated carbocycles. The number of nitrogens with zero attached hydrogens (tertiary/aromatic N) is 1. The predicted molar refractivity (Wildman–Crippen MR) is 47.2 cm³/mol. The lowest BCUT2D eigenvalue weighted by atomic mass is 10.3. The van der Waals surface area contributed by atoms with Crippen molar-refractivity contribution >= 4 is 28.6 Å². The summed E-state index contributed by atoms with van der Waals surface area (Å²) in [6.45, 7) is 1.79. The quantitative estimate of drug-likeness (QED) is 0.652. The average Bonchev–Trinajstić information content (AvgIpc) is 2.51. The Hall–Kier alpha value is -1.49. The number of halogens is 1. The lowest BCUT2D eigenvalue weighted by Gasteiger charge is -1.87. The monoisotopic (exact) mass is 199 g/mol. The van der Waals surface area contributed by atoms with Gasteiger partial charge in [-0.3, -0.25) is 5.10 Å². The number of fused-ring (bicyclic) bond motifs is 1. The summed E-state index contributed by atoms with van der Waals surface area (Å²) in [5.41, 5.74) is 1.79. The Balaban J connectivity index is 2.86. The second kappa shape index (κ2) is 2.50. The SMILES string of the molecule is Cc1[nH]nc2c(C(=O)O)c(Cl)[nH]c12.